The molecule has 1 aliphatic carbocycles. The minimum atomic E-state index is -3.59. The molecule has 0 unspecified atom stereocenters. The average molecular weight is 365 g/mol. The maximum atomic E-state index is 12.4. The molecule has 1 fully saturated rings. The molecule has 2 aromatic carbocycles. The number of nitrogens with one attached hydrogen (secondary N) is 2. The van der Waals surface area contributed by atoms with Gasteiger partial charge in [0, 0.05) is 22.3 Å². The summed E-state index contributed by atoms with van der Waals surface area (Å²) in [6.45, 7) is 1.80. The Labute approximate surface area is 146 Å². The third-order valence-electron chi connectivity index (χ3n) is 3.82. The van der Waals surface area contributed by atoms with Crippen molar-refractivity contribution < 1.29 is 13.2 Å². The largest absolute Gasteiger partial charge is 0.322 e. The number of anilines is 1. The van der Waals surface area contributed by atoms with Crippen LogP contribution in [-0.2, 0) is 10.0 Å². The lowest BCUT2D eigenvalue weighted by molar-refractivity contribution is 0.102. The van der Waals surface area contributed by atoms with E-state index in [1.807, 2.05) is 0 Å². The molecule has 1 amide bonds. The van der Waals surface area contributed by atoms with Crippen LogP contribution in [0.5, 0.6) is 0 Å². The van der Waals surface area contributed by atoms with E-state index in [-0.39, 0.29) is 22.4 Å². The Balaban J connectivity index is 1.83. The molecular weight excluding hydrogens is 348 g/mol. The molecule has 0 atom stereocenters. The lowest BCUT2D eigenvalue weighted by Crippen LogP contribution is -2.26. The average Bonchev–Trinajstić information content (AvgIpc) is 3.35. The van der Waals surface area contributed by atoms with Crippen molar-refractivity contribution in [3.05, 3.63) is 58.6 Å². The van der Waals surface area contributed by atoms with Gasteiger partial charge >= 0.3 is 0 Å². The lowest BCUT2D eigenvalue weighted by atomic mass is 10.1. The van der Waals surface area contributed by atoms with E-state index in [1.54, 1.807) is 37.3 Å². The number of benzene rings is 2. The minimum absolute atomic E-state index is 0.0154. The topological polar surface area (TPSA) is 75.3 Å². The lowest BCUT2D eigenvalue weighted by Gasteiger charge is -2.11. The number of hydrogen-bond donors (Lipinski definition) is 2. The molecule has 1 saturated carbocycles. The summed E-state index contributed by atoms with van der Waals surface area (Å²) >= 11 is 6.04. The highest BCUT2D eigenvalue weighted by molar-refractivity contribution is 7.89. The Morgan fingerprint density at radius 1 is 1.17 bits per heavy atom. The van der Waals surface area contributed by atoms with Crippen LogP contribution in [0.1, 0.15) is 28.8 Å². The molecule has 0 spiro atoms. The summed E-state index contributed by atoms with van der Waals surface area (Å²) in [5.41, 5.74) is 1.62. The SMILES string of the molecule is Cc1c(Cl)cccc1NC(=O)c1cccc(S(=O)(=O)NC2CC2)c1. The zero-order chi connectivity index (χ0) is 17.3. The van der Waals surface area contributed by atoms with Gasteiger partial charge in [-0.1, -0.05) is 23.7 Å². The molecule has 24 heavy (non-hydrogen) atoms. The van der Waals surface area contributed by atoms with Crippen molar-refractivity contribution in [2.75, 3.05) is 5.32 Å². The second-order valence-corrected chi connectivity index (χ2v) is 7.91. The molecule has 0 saturated heterocycles. The first-order valence-corrected chi connectivity index (χ1v) is 9.42. The van der Waals surface area contributed by atoms with Gasteiger partial charge in [0.05, 0.1) is 4.90 Å². The van der Waals surface area contributed by atoms with Crippen molar-refractivity contribution in [2.45, 2.75) is 30.7 Å². The van der Waals surface area contributed by atoms with Crippen molar-refractivity contribution in [1.29, 1.82) is 0 Å². The third-order valence-corrected chi connectivity index (χ3v) is 5.75. The Hall–Kier alpha value is -1.89. The fourth-order valence-corrected chi connectivity index (χ4v) is 3.76. The van der Waals surface area contributed by atoms with Crippen molar-refractivity contribution in [3.63, 3.8) is 0 Å². The summed E-state index contributed by atoms with van der Waals surface area (Å²) < 4.78 is 27.1. The molecule has 0 aromatic heterocycles. The summed E-state index contributed by atoms with van der Waals surface area (Å²) in [5.74, 6) is -0.385. The smallest absolute Gasteiger partial charge is 0.255 e. The fourth-order valence-electron chi connectivity index (χ4n) is 2.23. The zero-order valence-corrected chi connectivity index (χ0v) is 14.6. The summed E-state index contributed by atoms with van der Waals surface area (Å²) in [6.07, 6.45) is 1.71. The maximum Gasteiger partial charge on any atom is 0.255 e. The standard InChI is InChI=1S/C17H17ClN2O3S/c1-11-15(18)6-3-7-16(11)19-17(21)12-4-2-5-14(10-12)24(22,23)20-13-8-9-13/h2-7,10,13,20H,8-9H2,1H3,(H,19,21). The van der Waals surface area contributed by atoms with Gasteiger partial charge in [-0.25, -0.2) is 13.1 Å². The van der Waals surface area contributed by atoms with E-state index < -0.39 is 10.0 Å². The highest BCUT2D eigenvalue weighted by Crippen LogP contribution is 2.25. The van der Waals surface area contributed by atoms with Crippen LogP contribution in [0, 0.1) is 6.92 Å². The molecule has 2 N–H and O–H groups in total. The number of sulfonamides is 1. The van der Waals surface area contributed by atoms with Gasteiger partial charge in [0.1, 0.15) is 0 Å². The van der Waals surface area contributed by atoms with E-state index in [4.69, 9.17) is 11.6 Å². The van der Waals surface area contributed by atoms with Gasteiger partial charge in [0.25, 0.3) is 5.91 Å². The summed E-state index contributed by atoms with van der Waals surface area (Å²) in [6, 6.07) is 11.2. The maximum absolute atomic E-state index is 12.4. The molecule has 0 aliphatic heterocycles. The second-order valence-electron chi connectivity index (χ2n) is 5.79. The van der Waals surface area contributed by atoms with Gasteiger partial charge in [-0.2, -0.15) is 0 Å². The highest BCUT2D eigenvalue weighted by atomic mass is 35.5. The first-order chi connectivity index (χ1) is 11.4. The molecule has 5 nitrogen and oxygen atoms in total. The van der Waals surface area contributed by atoms with Gasteiger partial charge in [0.15, 0.2) is 0 Å². The van der Waals surface area contributed by atoms with Crippen LogP contribution in [0.15, 0.2) is 47.4 Å². The summed E-state index contributed by atoms with van der Waals surface area (Å²) in [4.78, 5) is 12.5. The van der Waals surface area contributed by atoms with Crippen LogP contribution >= 0.6 is 11.6 Å². The van der Waals surface area contributed by atoms with Crippen LogP contribution < -0.4 is 10.0 Å². The number of amides is 1. The Morgan fingerprint density at radius 3 is 2.58 bits per heavy atom. The monoisotopic (exact) mass is 364 g/mol. The first-order valence-electron chi connectivity index (χ1n) is 7.56. The Morgan fingerprint density at radius 2 is 1.88 bits per heavy atom. The zero-order valence-electron chi connectivity index (χ0n) is 13.0. The van der Waals surface area contributed by atoms with Crippen molar-refractivity contribution in [2.24, 2.45) is 0 Å². The predicted molar refractivity (Wildman–Crippen MR) is 93.9 cm³/mol. The van der Waals surface area contributed by atoms with E-state index in [0.29, 0.717) is 10.7 Å². The molecule has 1 aliphatic rings. The van der Waals surface area contributed by atoms with Gasteiger partial charge in [-0.15, -0.1) is 0 Å². The van der Waals surface area contributed by atoms with Crippen molar-refractivity contribution in [3.8, 4) is 0 Å². The Kier molecular flexibility index (Phi) is 4.62. The van der Waals surface area contributed by atoms with E-state index in [9.17, 15) is 13.2 Å². The van der Waals surface area contributed by atoms with Gasteiger partial charge in [-0.3, -0.25) is 4.79 Å². The highest BCUT2D eigenvalue weighted by Gasteiger charge is 2.28. The van der Waals surface area contributed by atoms with Crippen molar-refractivity contribution >= 4 is 33.2 Å². The van der Waals surface area contributed by atoms with E-state index >= 15 is 0 Å². The number of carbonyl (C=O) groups excluding carboxylic acids is 1. The third kappa shape index (κ3) is 3.77. The Bertz CT molecular complexity index is 892. The minimum Gasteiger partial charge on any atom is -0.322 e. The van der Waals surface area contributed by atoms with Gasteiger partial charge < -0.3 is 5.32 Å². The first kappa shape index (κ1) is 17.0. The number of halogens is 1. The van der Waals surface area contributed by atoms with Crippen LogP contribution in [0.3, 0.4) is 0 Å². The molecule has 126 valence electrons. The predicted octanol–water partition coefficient (Wildman–Crippen LogP) is 3.34. The van der Waals surface area contributed by atoms with Crippen LogP contribution in [0.4, 0.5) is 5.69 Å². The molecular formula is C17H17ClN2O3S. The van der Waals surface area contributed by atoms with Gasteiger partial charge in [0.2, 0.25) is 10.0 Å². The van der Waals surface area contributed by atoms with Gasteiger partial charge in [-0.05, 0) is 55.7 Å². The number of carbonyl (C=O) groups is 1. The van der Waals surface area contributed by atoms with E-state index in [1.165, 1.54) is 12.1 Å². The summed E-state index contributed by atoms with van der Waals surface area (Å²) in [5, 5.41) is 3.31. The van der Waals surface area contributed by atoms with Crippen LogP contribution in [-0.4, -0.2) is 20.4 Å². The van der Waals surface area contributed by atoms with Crippen LogP contribution in [0.25, 0.3) is 0 Å². The van der Waals surface area contributed by atoms with E-state index in [0.717, 1.165) is 18.4 Å². The molecule has 0 bridgehead atoms. The quantitative estimate of drug-likeness (QED) is 0.854. The summed E-state index contributed by atoms with van der Waals surface area (Å²) in [7, 11) is -3.59. The fraction of sp³-hybridized carbons (Fsp3) is 0.235. The second kappa shape index (κ2) is 6.55. The molecule has 0 heterocycles. The normalized spacial score (nSPS) is 14.4. The number of rotatable bonds is 5. The van der Waals surface area contributed by atoms with Crippen LogP contribution in [0.2, 0.25) is 5.02 Å². The molecule has 2 aromatic rings. The van der Waals surface area contributed by atoms with E-state index in [2.05, 4.69) is 10.0 Å². The van der Waals surface area contributed by atoms with Crippen molar-refractivity contribution in [1.82, 2.24) is 4.72 Å². The number of hydrogen-bond acceptors (Lipinski definition) is 3. The molecule has 0 radical (unpaired) electrons. The molecule has 7 heteroatoms. The molecule has 3 rings (SSSR count).